The van der Waals surface area contributed by atoms with Crippen LogP contribution >= 0.6 is 0 Å². The first kappa shape index (κ1) is 18.7. The van der Waals surface area contributed by atoms with E-state index in [0.29, 0.717) is 6.04 Å². The minimum atomic E-state index is -2.79. The number of halogens is 2. The van der Waals surface area contributed by atoms with E-state index in [1.54, 1.807) is 19.2 Å². The van der Waals surface area contributed by atoms with Crippen molar-refractivity contribution in [1.82, 2.24) is 10.6 Å². The summed E-state index contributed by atoms with van der Waals surface area (Å²) in [5.41, 5.74) is 1.02. The van der Waals surface area contributed by atoms with Crippen LogP contribution in [0.4, 0.5) is 14.5 Å². The lowest BCUT2D eigenvalue weighted by molar-refractivity contribution is -0.0498. The molecule has 2 fully saturated rings. The van der Waals surface area contributed by atoms with E-state index in [1.165, 1.54) is 19.3 Å². The Balaban J connectivity index is 1.49. The predicted octanol–water partition coefficient (Wildman–Crippen LogP) is 3.22. The average Bonchev–Trinajstić information content (AvgIpc) is 3.45. The highest BCUT2D eigenvalue weighted by molar-refractivity contribution is 5.80. The quantitative estimate of drug-likeness (QED) is 0.575. The summed E-state index contributed by atoms with van der Waals surface area (Å²) in [6.07, 6.45) is 6.11. The van der Waals surface area contributed by atoms with Crippen LogP contribution < -0.4 is 20.3 Å². The number of nitrogens with one attached hydrogen (secondary N) is 2. The lowest BCUT2D eigenvalue weighted by atomic mass is 10.0. The van der Waals surface area contributed by atoms with E-state index < -0.39 is 6.61 Å². The minimum absolute atomic E-state index is 0.190. The molecule has 0 aromatic heterocycles. The number of hydrogen-bond acceptors (Lipinski definition) is 3. The molecule has 0 radical (unpaired) electrons. The average molecular weight is 366 g/mol. The van der Waals surface area contributed by atoms with Gasteiger partial charge in [0.1, 0.15) is 5.75 Å². The van der Waals surface area contributed by atoms with Gasteiger partial charge in [-0.05, 0) is 49.4 Å². The van der Waals surface area contributed by atoms with E-state index in [1.807, 2.05) is 12.1 Å². The molecule has 0 amide bonds. The zero-order valence-electron chi connectivity index (χ0n) is 15.3. The molecular formula is C19H28F2N4O. The van der Waals surface area contributed by atoms with Crippen LogP contribution in [0.15, 0.2) is 29.3 Å². The second kappa shape index (κ2) is 9.05. The lowest BCUT2D eigenvalue weighted by Gasteiger charge is -2.35. The number of ether oxygens (including phenoxy) is 1. The van der Waals surface area contributed by atoms with Crippen LogP contribution in [-0.4, -0.2) is 45.3 Å². The van der Waals surface area contributed by atoms with Gasteiger partial charge in [0.2, 0.25) is 0 Å². The fraction of sp³-hybridized carbons (Fsp3) is 0.632. The SMILES string of the molecule is CN=C(NCCC1CC1)NC1CCCN(c2ccc(OC(F)F)cc2)C1. The Hall–Kier alpha value is -2.05. The first-order valence-electron chi connectivity index (χ1n) is 9.41. The molecule has 1 aliphatic heterocycles. The summed E-state index contributed by atoms with van der Waals surface area (Å²) in [5, 5.41) is 6.91. The van der Waals surface area contributed by atoms with E-state index in [4.69, 9.17) is 0 Å². The van der Waals surface area contributed by atoms with Gasteiger partial charge in [-0.15, -0.1) is 0 Å². The van der Waals surface area contributed by atoms with E-state index in [9.17, 15) is 8.78 Å². The summed E-state index contributed by atoms with van der Waals surface area (Å²) in [6.45, 7) is -0.00493. The maximum absolute atomic E-state index is 12.3. The Morgan fingerprint density at radius 2 is 2.04 bits per heavy atom. The maximum atomic E-state index is 12.3. The van der Waals surface area contributed by atoms with Crippen LogP contribution in [0.3, 0.4) is 0 Å². The number of benzene rings is 1. The van der Waals surface area contributed by atoms with Crippen molar-refractivity contribution in [2.45, 2.75) is 44.8 Å². The van der Waals surface area contributed by atoms with Crippen molar-refractivity contribution in [3.8, 4) is 5.75 Å². The van der Waals surface area contributed by atoms with Gasteiger partial charge in [0.25, 0.3) is 0 Å². The van der Waals surface area contributed by atoms with Gasteiger partial charge < -0.3 is 20.3 Å². The van der Waals surface area contributed by atoms with Crippen molar-refractivity contribution in [2.75, 3.05) is 31.6 Å². The second-order valence-corrected chi connectivity index (χ2v) is 7.03. The molecule has 2 N–H and O–H groups in total. The Morgan fingerprint density at radius 3 is 2.69 bits per heavy atom. The summed E-state index contributed by atoms with van der Waals surface area (Å²) >= 11 is 0. The molecule has 144 valence electrons. The summed E-state index contributed by atoms with van der Waals surface area (Å²) in [6, 6.07) is 7.17. The van der Waals surface area contributed by atoms with Crippen molar-refractivity contribution in [1.29, 1.82) is 0 Å². The maximum Gasteiger partial charge on any atom is 0.387 e. The van der Waals surface area contributed by atoms with Crippen LogP contribution in [0.5, 0.6) is 5.75 Å². The summed E-state index contributed by atoms with van der Waals surface area (Å²) in [5.74, 6) is 1.96. The van der Waals surface area contributed by atoms with Crippen LogP contribution in [0.1, 0.15) is 32.1 Å². The van der Waals surface area contributed by atoms with Crippen molar-refractivity contribution in [3.63, 3.8) is 0 Å². The van der Waals surface area contributed by atoms with Gasteiger partial charge in [-0.1, -0.05) is 12.8 Å². The van der Waals surface area contributed by atoms with Crippen molar-refractivity contribution in [3.05, 3.63) is 24.3 Å². The molecule has 7 heteroatoms. The Kier molecular flexibility index (Phi) is 6.52. The Morgan fingerprint density at radius 1 is 1.27 bits per heavy atom. The molecule has 1 atom stereocenters. The van der Waals surface area contributed by atoms with Crippen LogP contribution in [0.2, 0.25) is 0 Å². The van der Waals surface area contributed by atoms with Crippen LogP contribution in [0.25, 0.3) is 0 Å². The lowest BCUT2D eigenvalue weighted by Crippen LogP contribution is -2.51. The number of nitrogens with zero attached hydrogens (tertiary/aromatic N) is 2. The predicted molar refractivity (Wildman–Crippen MR) is 100 cm³/mol. The van der Waals surface area contributed by atoms with Gasteiger partial charge in [-0.2, -0.15) is 8.78 Å². The number of aliphatic imine (C=N–C) groups is 1. The largest absolute Gasteiger partial charge is 0.435 e. The molecule has 3 rings (SSSR count). The highest BCUT2D eigenvalue weighted by Gasteiger charge is 2.22. The molecular weight excluding hydrogens is 338 g/mol. The number of alkyl halides is 2. The summed E-state index contributed by atoms with van der Waals surface area (Å²) in [4.78, 5) is 6.59. The van der Waals surface area contributed by atoms with Crippen molar-refractivity contribution >= 4 is 11.6 Å². The molecule has 0 bridgehead atoms. The first-order valence-corrected chi connectivity index (χ1v) is 9.41. The van der Waals surface area contributed by atoms with Crippen molar-refractivity contribution in [2.24, 2.45) is 10.9 Å². The molecule has 1 aromatic rings. The fourth-order valence-electron chi connectivity index (χ4n) is 3.36. The third-order valence-electron chi connectivity index (χ3n) is 4.95. The number of guanidine groups is 1. The van der Waals surface area contributed by atoms with E-state index >= 15 is 0 Å². The summed E-state index contributed by atoms with van der Waals surface area (Å²) < 4.78 is 28.9. The van der Waals surface area contributed by atoms with Gasteiger partial charge >= 0.3 is 6.61 Å². The Bertz CT molecular complexity index is 590. The van der Waals surface area contributed by atoms with Gasteiger partial charge in [-0.3, -0.25) is 4.99 Å². The monoisotopic (exact) mass is 366 g/mol. The second-order valence-electron chi connectivity index (χ2n) is 7.03. The van der Waals surface area contributed by atoms with E-state index in [0.717, 1.165) is 50.0 Å². The number of hydrogen-bond donors (Lipinski definition) is 2. The molecule has 1 heterocycles. The standard InChI is InChI=1S/C19H28F2N4O/c1-22-19(23-11-10-14-4-5-14)24-15-3-2-12-25(13-15)16-6-8-17(9-7-16)26-18(20)21/h6-9,14-15,18H,2-5,10-13H2,1H3,(H2,22,23,24). The molecule has 1 saturated heterocycles. The molecule has 5 nitrogen and oxygen atoms in total. The molecule has 1 unspecified atom stereocenters. The summed E-state index contributed by atoms with van der Waals surface area (Å²) in [7, 11) is 1.80. The zero-order chi connectivity index (χ0) is 18.4. The van der Waals surface area contributed by atoms with E-state index in [-0.39, 0.29) is 5.75 Å². The molecule has 0 spiro atoms. The molecule has 1 aromatic carbocycles. The minimum Gasteiger partial charge on any atom is -0.435 e. The fourth-order valence-corrected chi connectivity index (χ4v) is 3.36. The zero-order valence-corrected chi connectivity index (χ0v) is 15.3. The molecule has 1 saturated carbocycles. The van der Waals surface area contributed by atoms with Gasteiger partial charge in [-0.25, -0.2) is 0 Å². The van der Waals surface area contributed by atoms with Crippen molar-refractivity contribution < 1.29 is 13.5 Å². The normalized spacial score (nSPS) is 21.0. The molecule has 26 heavy (non-hydrogen) atoms. The highest BCUT2D eigenvalue weighted by atomic mass is 19.3. The Labute approximate surface area is 153 Å². The van der Waals surface area contributed by atoms with Crippen LogP contribution in [-0.2, 0) is 0 Å². The first-order chi connectivity index (χ1) is 12.6. The van der Waals surface area contributed by atoms with Crippen LogP contribution in [0, 0.1) is 5.92 Å². The van der Waals surface area contributed by atoms with Gasteiger partial charge in [0, 0.05) is 38.4 Å². The molecule has 2 aliphatic rings. The number of piperidine rings is 1. The van der Waals surface area contributed by atoms with Gasteiger partial charge in [0.15, 0.2) is 5.96 Å². The highest BCUT2D eigenvalue weighted by Crippen LogP contribution is 2.31. The number of anilines is 1. The molecule has 1 aliphatic carbocycles. The number of rotatable bonds is 7. The third kappa shape index (κ3) is 5.75. The van der Waals surface area contributed by atoms with Gasteiger partial charge in [0.05, 0.1) is 0 Å². The third-order valence-corrected chi connectivity index (χ3v) is 4.95. The topological polar surface area (TPSA) is 48.9 Å². The van der Waals surface area contributed by atoms with E-state index in [2.05, 4.69) is 25.3 Å². The smallest absolute Gasteiger partial charge is 0.387 e.